The fourth-order valence-corrected chi connectivity index (χ4v) is 5.42. The first-order chi connectivity index (χ1) is 10.9. The number of piperidine rings is 1. The second-order valence-corrected chi connectivity index (χ2v) is 7.56. The maximum Gasteiger partial charge on any atom is 0.0994 e. The standard InChI is InChI=1S/C20H26N2/c21-13-17-5-2-6-19(20(17)14-7-9-22-10-8-14)18-11-15-3-1-4-16(15)12-18/h2,5-6,14-16,18,22H,1,3-4,7-12H2. The number of benzene rings is 1. The van der Waals surface area contributed by atoms with E-state index in [2.05, 4.69) is 23.5 Å². The van der Waals surface area contributed by atoms with Crippen molar-refractivity contribution in [2.45, 2.75) is 56.8 Å². The van der Waals surface area contributed by atoms with Gasteiger partial charge in [0.2, 0.25) is 0 Å². The van der Waals surface area contributed by atoms with Gasteiger partial charge in [-0.05, 0) is 79.6 Å². The van der Waals surface area contributed by atoms with Crippen molar-refractivity contribution in [3.8, 4) is 6.07 Å². The average molecular weight is 294 g/mol. The van der Waals surface area contributed by atoms with E-state index in [1.807, 2.05) is 6.07 Å². The molecule has 1 aliphatic heterocycles. The molecule has 4 rings (SSSR count). The summed E-state index contributed by atoms with van der Waals surface area (Å²) in [5, 5.41) is 13.1. The molecule has 0 bridgehead atoms. The Morgan fingerprint density at radius 1 is 0.955 bits per heavy atom. The van der Waals surface area contributed by atoms with Crippen molar-refractivity contribution >= 4 is 0 Å². The minimum atomic E-state index is 0.590. The lowest BCUT2D eigenvalue weighted by molar-refractivity contribution is 0.454. The van der Waals surface area contributed by atoms with Gasteiger partial charge in [0.25, 0.3) is 0 Å². The number of hydrogen-bond acceptors (Lipinski definition) is 2. The van der Waals surface area contributed by atoms with Crippen LogP contribution >= 0.6 is 0 Å². The predicted octanol–water partition coefficient (Wildman–Crippen LogP) is 4.32. The largest absolute Gasteiger partial charge is 0.317 e. The van der Waals surface area contributed by atoms with E-state index < -0.39 is 0 Å². The Morgan fingerprint density at radius 3 is 2.36 bits per heavy atom. The molecule has 22 heavy (non-hydrogen) atoms. The molecule has 0 radical (unpaired) electrons. The second-order valence-electron chi connectivity index (χ2n) is 7.56. The van der Waals surface area contributed by atoms with Gasteiger partial charge < -0.3 is 5.32 Å². The fraction of sp³-hybridized carbons (Fsp3) is 0.650. The van der Waals surface area contributed by atoms with Crippen LogP contribution < -0.4 is 5.32 Å². The quantitative estimate of drug-likeness (QED) is 0.881. The zero-order chi connectivity index (χ0) is 14.9. The third-order valence-corrected chi connectivity index (χ3v) is 6.44. The van der Waals surface area contributed by atoms with Crippen LogP contribution in [0.1, 0.15) is 73.5 Å². The molecule has 3 aliphatic rings. The zero-order valence-electron chi connectivity index (χ0n) is 13.4. The van der Waals surface area contributed by atoms with Gasteiger partial charge in [-0.25, -0.2) is 0 Å². The van der Waals surface area contributed by atoms with Crippen molar-refractivity contribution in [1.29, 1.82) is 5.26 Å². The van der Waals surface area contributed by atoms with Crippen molar-refractivity contribution in [3.05, 3.63) is 34.9 Å². The first-order valence-electron chi connectivity index (χ1n) is 9.10. The molecule has 116 valence electrons. The summed E-state index contributed by atoms with van der Waals surface area (Å²) in [5.74, 6) is 3.24. The molecule has 2 saturated carbocycles. The van der Waals surface area contributed by atoms with E-state index >= 15 is 0 Å². The summed E-state index contributed by atoms with van der Waals surface area (Å²) in [4.78, 5) is 0. The fourth-order valence-electron chi connectivity index (χ4n) is 5.42. The van der Waals surface area contributed by atoms with Gasteiger partial charge in [0, 0.05) is 0 Å². The van der Waals surface area contributed by atoms with Crippen molar-refractivity contribution in [2.24, 2.45) is 11.8 Å². The Bertz CT molecular complexity index is 568. The Balaban J connectivity index is 1.68. The smallest absolute Gasteiger partial charge is 0.0994 e. The highest BCUT2D eigenvalue weighted by Gasteiger charge is 2.39. The first-order valence-corrected chi connectivity index (χ1v) is 9.10. The summed E-state index contributed by atoms with van der Waals surface area (Å²) >= 11 is 0. The first kappa shape index (κ1) is 14.3. The number of hydrogen-bond donors (Lipinski definition) is 1. The van der Waals surface area contributed by atoms with Crippen LogP contribution in [0.3, 0.4) is 0 Å². The minimum absolute atomic E-state index is 0.590. The molecular weight excluding hydrogens is 268 g/mol. The molecule has 1 aromatic carbocycles. The summed E-state index contributed by atoms with van der Waals surface area (Å²) in [6.45, 7) is 2.19. The van der Waals surface area contributed by atoms with Crippen LogP contribution in [0.2, 0.25) is 0 Å². The molecule has 0 amide bonds. The lowest BCUT2D eigenvalue weighted by atomic mass is 9.79. The second kappa shape index (κ2) is 6.05. The van der Waals surface area contributed by atoms with E-state index in [1.54, 1.807) is 0 Å². The molecule has 1 heterocycles. The van der Waals surface area contributed by atoms with Gasteiger partial charge in [0.1, 0.15) is 0 Å². The molecule has 2 unspecified atom stereocenters. The molecule has 1 N–H and O–H groups in total. The summed E-state index contributed by atoms with van der Waals surface area (Å²) in [7, 11) is 0. The van der Waals surface area contributed by atoms with Crippen LogP contribution in [0.5, 0.6) is 0 Å². The molecule has 0 aromatic heterocycles. The van der Waals surface area contributed by atoms with Crippen LogP contribution in [-0.2, 0) is 0 Å². The summed E-state index contributed by atoms with van der Waals surface area (Å²) in [5.41, 5.74) is 3.89. The minimum Gasteiger partial charge on any atom is -0.317 e. The monoisotopic (exact) mass is 294 g/mol. The number of nitrogens with one attached hydrogen (secondary N) is 1. The zero-order valence-corrected chi connectivity index (χ0v) is 13.4. The number of nitriles is 1. The predicted molar refractivity (Wildman–Crippen MR) is 88.8 cm³/mol. The third-order valence-electron chi connectivity index (χ3n) is 6.44. The normalized spacial score (nSPS) is 31.9. The summed E-state index contributed by atoms with van der Waals surface area (Å²) < 4.78 is 0. The molecule has 1 saturated heterocycles. The number of nitrogens with zero attached hydrogens (tertiary/aromatic N) is 1. The Labute approximate surface area is 133 Å². The number of fused-ring (bicyclic) bond motifs is 1. The van der Waals surface area contributed by atoms with Crippen molar-refractivity contribution in [1.82, 2.24) is 5.32 Å². The van der Waals surface area contributed by atoms with E-state index in [4.69, 9.17) is 0 Å². The molecule has 2 heteroatoms. The van der Waals surface area contributed by atoms with Gasteiger partial charge in [0.05, 0.1) is 11.6 Å². The van der Waals surface area contributed by atoms with Gasteiger partial charge in [0.15, 0.2) is 0 Å². The van der Waals surface area contributed by atoms with E-state index in [-0.39, 0.29) is 0 Å². The Kier molecular flexibility index (Phi) is 3.92. The van der Waals surface area contributed by atoms with Crippen molar-refractivity contribution in [2.75, 3.05) is 13.1 Å². The van der Waals surface area contributed by atoms with Gasteiger partial charge in [-0.1, -0.05) is 31.4 Å². The topological polar surface area (TPSA) is 35.8 Å². The van der Waals surface area contributed by atoms with Gasteiger partial charge in [-0.15, -0.1) is 0 Å². The average Bonchev–Trinajstić information content (AvgIpc) is 3.16. The molecule has 3 fully saturated rings. The SMILES string of the molecule is N#Cc1cccc(C2CC3CCCC3C2)c1C1CCNCC1. The van der Waals surface area contributed by atoms with Crippen LogP contribution in [0.15, 0.2) is 18.2 Å². The lowest BCUT2D eigenvalue weighted by Gasteiger charge is -2.28. The van der Waals surface area contributed by atoms with Crippen LogP contribution in [0, 0.1) is 23.2 Å². The maximum atomic E-state index is 9.61. The van der Waals surface area contributed by atoms with Gasteiger partial charge in [-0.3, -0.25) is 0 Å². The van der Waals surface area contributed by atoms with E-state index in [0.717, 1.165) is 30.5 Å². The molecule has 2 nitrogen and oxygen atoms in total. The molecule has 2 atom stereocenters. The van der Waals surface area contributed by atoms with E-state index in [9.17, 15) is 5.26 Å². The highest BCUT2D eigenvalue weighted by atomic mass is 14.9. The van der Waals surface area contributed by atoms with Crippen LogP contribution in [0.25, 0.3) is 0 Å². The highest BCUT2D eigenvalue weighted by Crippen LogP contribution is 2.52. The summed E-state index contributed by atoms with van der Waals surface area (Å²) in [6.07, 6.45) is 9.45. The molecule has 0 spiro atoms. The van der Waals surface area contributed by atoms with E-state index in [1.165, 1.54) is 56.1 Å². The molecule has 1 aromatic rings. The van der Waals surface area contributed by atoms with Crippen molar-refractivity contribution in [3.63, 3.8) is 0 Å². The van der Waals surface area contributed by atoms with Gasteiger partial charge in [-0.2, -0.15) is 5.26 Å². The molecular formula is C20H26N2. The number of rotatable bonds is 2. The third kappa shape index (κ3) is 2.46. The van der Waals surface area contributed by atoms with Crippen LogP contribution in [0.4, 0.5) is 0 Å². The van der Waals surface area contributed by atoms with Crippen LogP contribution in [-0.4, -0.2) is 13.1 Å². The maximum absolute atomic E-state index is 9.61. The molecule has 2 aliphatic carbocycles. The van der Waals surface area contributed by atoms with Gasteiger partial charge >= 0.3 is 0 Å². The Hall–Kier alpha value is -1.33. The summed E-state index contributed by atoms with van der Waals surface area (Å²) in [6, 6.07) is 8.98. The van der Waals surface area contributed by atoms with Crippen molar-refractivity contribution < 1.29 is 0 Å². The van der Waals surface area contributed by atoms with E-state index in [0.29, 0.717) is 11.8 Å². The Morgan fingerprint density at radius 2 is 1.68 bits per heavy atom. The highest BCUT2D eigenvalue weighted by molar-refractivity contribution is 5.47. The lowest BCUT2D eigenvalue weighted by Crippen LogP contribution is -2.27.